The maximum Gasteiger partial charge on any atom is 0.472 e. The van der Waals surface area contributed by atoms with Crippen LogP contribution in [0.25, 0.3) is 0 Å². The summed E-state index contributed by atoms with van der Waals surface area (Å²) in [4.78, 5) is 35.8. The molecule has 1 saturated carbocycles. The van der Waals surface area contributed by atoms with Gasteiger partial charge in [-0.15, -0.1) is 0 Å². The summed E-state index contributed by atoms with van der Waals surface area (Å²) in [7, 11) is -5.14. The molecule has 1 aliphatic carbocycles. The van der Waals surface area contributed by atoms with Crippen molar-refractivity contribution in [3.05, 3.63) is 60.8 Å². The summed E-state index contributed by atoms with van der Waals surface area (Å²) in [6.07, 6.45) is 37.0. The van der Waals surface area contributed by atoms with E-state index < -0.39 is 75.7 Å². The zero-order valence-corrected chi connectivity index (χ0v) is 40.9. The first-order chi connectivity index (χ1) is 31.4. The highest BCUT2D eigenvalue weighted by Gasteiger charge is 2.51. The Morgan fingerprint density at radius 2 is 0.846 bits per heavy atom. The van der Waals surface area contributed by atoms with E-state index in [-0.39, 0.29) is 12.8 Å². The van der Waals surface area contributed by atoms with Gasteiger partial charge in [0.2, 0.25) is 0 Å². The fourth-order valence-electron chi connectivity index (χ4n) is 7.27. The van der Waals surface area contributed by atoms with Crippen LogP contribution in [0.5, 0.6) is 0 Å². The molecular formula is C51H89O13P. The van der Waals surface area contributed by atoms with Gasteiger partial charge in [-0.2, -0.15) is 0 Å². The Kier molecular flexibility index (Phi) is 37.8. The monoisotopic (exact) mass is 941 g/mol. The lowest BCUT2D eigenvalue weighted by Crippen LogP contribution is -2.64. The van der Waals surface area contributed by atoms with Crippen molar-refractivity contribution in [1.29, 1.82) is 0 Å². The third-order valence-corrected chi connectivity index (χ3v) is 12.3. The van der Waals surface area contributed by atoms with Crippen molar-refractivity contribution in [2.24, 2.45) is 0 Å². The van der Waals surface area contributed by atoms with Gasteiger partial charge in [-0.25, -0.2) is 4.57 Å². The summed E-state index contributed by atoms with van der Waals surface area (Å²) >= 11 is 0. The number of phosphoric acid groups is 1. The average molecular weight is 941 g/mol. The lowest BCUT2D eigenvalue weighted by Gasteiger charge is -2.41. The molecule has 8 atom stereocenters. The van der Waals surface area contributed by atoms with E-state index in [4.69, 9.17) is 18.5 Å². The van der Waals surface area contributed by atoms with Crippen molar-refractivity contribution in [2.45, 2.75) is 236 Å². The standard InChI is InChI=1S/C51H89O13P/c1-3-5-7-9-11-13-15-17-19-21-22-24-25-27-29-31-33-35-37-39-44(52)61-41-43(42-62-65(59,60)64-51-49(57)47(55)46(54)48(56)50(51)58)63-45(53)40-38-36-34-32-30-28-26-23-20-18-16-14-12-10-8-6-4-2/h12,14,18,20-22,26,28,32,34,43,46-51,54-58H,3-11,13,15-17,19,23-25,27,29-31,33,35-42H2,1-2H3,(H,59,60)/b14-12-,20-18-,22-21-,28-26-,34-32-/t43-,46?,47-,48?,49?,50?,51?/m1/s1. The number of carbonyl (C=O) groups is 2. The summed E-state index contributed by atoms with van der Waals surface area (Å²) in [6, 6.07) is 0. The van der Waals surface area contributed by atoms with Crippen LogP contribution in [0.1, 0.15) is 194 Å². The maximum atomic E-state index is 12.8. The minimum absolute atomic E-state index is 0.0182. The topological polar surface area (TPSA) is 210 Å². The van der Waals surface area contributed by atoms with Crippen LogP contribution < -0.4 is 0 Å². The molecule has 0 aromatic carbocycles. The molecule has 14 heteroatoms. The van der Waals surface area contributed by atoms with Crippen LogP contribution in [0.2, 0.25) is 0 Å². The molecule has 1 rings (SSSR count). The van der Waals surface area contributed by atoms with Gasteiger partial charge in [0.15, 0.2) is 6.10 Å². The second-order valence-corrected chi connectivity index (χ2v) is 18.7. The molecule has 0 amide bonds. The van der Waals surface area contributed by atoms with E-state index in [0.29, 0.717) is 19.3 Å². The maximum absolute atomic E-state index is 12.8. The number of aliphatic hydroxyl groups is 5. The second-order valence-electron chi connectivity index (χ2n) is 17.3. The number of allylic oxidation sites excluding steroid dienone is 10. The van der Waals surface area contributed by atoms with Crippen LogP contribution in [-0.2, 0) is 32.7 Å². The largest absolute Gasteiger partial charge is 0.472 e. The van der Waals surface area contributed by atoms with E-state index >= 15 is 0 Å². The Balaban J connectivity index is 2.46. The number of esters is 2. The molecule has 0 spiro atoms. The number of hydrogen-bond donors (Lipinski definition) is 6. The van der Waals surface area contributed by atoms with Crippen LogP contribution in [0.15, 0.2) is 60.8 Å². The molecule has 13 nitrogen and oxygen atoms in total. The van der Waals surface area contributed by atoms with Gasteiger partial charge >= 0.3 is 19.8 Å². The van der Waals surface area contributed by atoms with Gasteiger partial charge in [-0.05, 0) is 77.0 Å². The molecular weight excluding hydrogens is 852 g/mol. The zero-order valence-electron chi connectivity index (χ0n) is 40.0. The molecule has 376 valence electrons. The van der Waals surface area contributed by atoms with Crippen molar-refractivity contribution in [3.8, 4) is 0 Å². The first-order valence-corrected chi connectivity index (χ1v) is 26.6. The number of rotatable bonds is 41. The molecule has 6 N–H and O–H groups in total. The molecule has 0 saturated heterocycles. The third kappa shape index (κ3) is 32.8. The van der Waals surface area contributed by atoms with E-state index in [2.05, 4.69) is 62.5 Å². The lowest BCUT2D eigenvalue weighted by molar-refractivity contribution is -0.220. The van der Waals surface area contributed by atoms with E-state index in [1.165, 1.54) is 89.9 Å². The van der Waals surface area contributed by atoms with Crippen molar-refractivity contribution in [3.63, 3.8) is 0 Å². The van der Waals surface area contributed by atoms with Gasteiger partial charge in [-0.1, -0.05) is 164 Å². The number of hydrogen-bond acceptors (Lipinski definition) is 12. The van der Waals surface area contributed by atoms with Crippen LogP contribution in [-0.4, -0.2) is 98.3 Å². The molecule has 0 aromatic rings. The van der Waals surface area contributed by atoms with Gasteiger partial charge in [0.05, 0.1) is 6.61 Å². The van der Waals surface area contributed by atoms with Crippen molar-refractivity contribution in [1.82, 2.24) is 0 Å². The second kappa shape index (κ2) is 40.6. The fraction of sp³-hybridized carbons (Fsp3) is 0.765. The smallest absolute Gasteiger partial charge is 0.462 e. The van der Waals surface area contributed by atoms with E-state index in [1.807, 2.05) is 12.2 Å². The summed E-state index contributed by atoms with van der Waals surface area (Å²) in [5.74, 6) is -1.17. The van der Waals surface area contributed by atoms with Crippen molar-refractivity contribution >= 4 is 19.8 Å². The van der Waals surface area contributed by atoms with E-state index in [9.17, 15) is 44.6 Å². The molecule has 1 fully saturated rings. The molecule has 0 aromatic heterocycles. The number of carbonyl (C=O) groups excluding carboxylic acids is 2. The fourth-order valence-corrected chi connectivity index (χ4v) is 8.25. The van der Waals surface area contributed by atoms with Crippen molar-refractivity contribution in [2.75, 3.05) is 13.2 Å². The number of phosphoric ester groups is 1. The highest BCUT2D eigenvalue weighted by Crippen LogP contribution is 2.47. The predicted octanol–water partition coefficient (Wildman–Crippen LogP) is 10.5. The van der Waals surface area contributed by atoms with Crippen LogP contribution >= 0.6 is 7.82 Å². The van der Waals surface area contributed by atoms with Gasteiger partial charge in [0.1, 0.15) is 43.2 Å². The summed E-state index contributed by atoms with van der Waals surface area (Å²) in [5, 5.41) is 50.2. The quantitative estimate of drug-likeness (QED) is 0.0146. The molecule has 1 aliphatic rings. The molecule has 0 bridgehead atoms. The van der Waals surface area contributed by atoms with Gasteiger partial charge in [-0.3, -0.25) is 18.6 Å². The van der Waals surface area contributed by atoms with Gasteiger partial charge in [0.25, 0.3) is 0 Å². The Labute approximate surface area is 392 Å². The summed E-state index contributed by atoms with van der Waals surface area (Å²) in [6.45, 7) is 3.23. The molecule has 0 radical (unpaired) electrons. The minimum atomic E-state index is -5.14. The molecule has 0 heterocycles. The average Bonchev–Trinajstić information content (AvgIpc) is 3.29. The zero-order chi connectivity index (χ0) is 47.8. The number of unbranched alkanes of at least 4 members (excludes halogenated alkanes) is 19. The molecule has 0 aliphatic heterocycles. The Hall–Kier alpha value is -2.45. The van der Waals surface area contributed by atoms with Gasteiger partial charge in [0, 0.05) is 12.8 Å². The van der Waals surface area contributed by atoms with Gasteiger partial charge < -0.3 is 39.9 Å². The van der Waals surface area contributed by atoms with Crippen LogP contribution in [0.3, 0.4) is 0 Å². The van der Waals surface area contributed by atoms with E-state index in [0.717, 1.165) is 57.8 Å². The predicted molar refractivity (Wildman–Crippen MR) is 258 cm³/mol. The normalized spacial score (nSPS) is 21.9. The van der Waals surface area contributed by atoms with Crippen LogP contribution in [0.4, 0.5) is 0 Å². The third-order valence-electron chi connectivity index (χ3n) is 11.3. The Bertz CT molecular complexity index is 1370. The lowest BCUT2D eigenvalue weighted by atomic mass is 9.85. The highest BCUT2D eigenvalue weighted by molar-refractivity contribution is 7.47. The minimum Gasteiger partial charge on any atom is -0.462 e. The summed E-state index contributed by atoms with van der Waals surface area (Å²) in [5.41, 5.74) is 0. The van der Waals surface area contributed by atoms with Crippen LogP contribution in [0, 0.1) is 0 Å². The first-order valence-electron chi connectivity index (χ1n) is 25.1. The number of ether oxygens (including phenoxy) is 2. The Morgan fingerprint density at radius 3 is 1.35 bits per heavy atom. The molecule has 65 heavy (non-hydrogen) atoms. The first kappa shape index (κ1) is 60.6. The highest BCUT2D eigenvalue weighted by atomic mass is 31.2. The Morgan fingerprint density at radius 1 is 0.477 bits per heavy atom. The SMILES string of the molecule is CCCCC/C=C\C/C=C\C/C=C\C/C=C\CCCC(=O)O[C@H](COC(=O)CCCCCCCCC/C=C\CCCCCCCCCC)COP(=O)(O)OC1C(O)C(O)C(O)[C@@H](O)C1O. The van der Waals surface area contributed by atoms with Crippen molar-refractivity contribution < 1.29 is 63.1 Å². The van der Waals surface area contributed by atoms with E-state index in [1.54, 1.807) is 0 Å². The molecule has 6 unspecified atom stereocenters. The summed E-state index contributed by atoms with van der Waals surface area (Å²) < 4.78 is 33.5. The number of aliphatic hydroxyl groups excluding tert-OH is 5.